The van der Waals surface area contributed by atoms with E-state index in [9.17, 15) is 4.79 Å². The molecule has 0 radical (unpaired) electrons. The Bertz CT molecular complexity index is 603. The molecule has 0 unspecified atom stereocenters. The third-order valence-corrected chi connectivity index (χ3v) is 3.13. The van der Waals surface area contributed by atoms with Crippen LogP contribution in [0.25, 0.3) is 6.08 Å². The number of hydrogen-bond acceptors (Lipinski definition) is 2. The van der Waals surface area contributed by atoms with Crippen molar-refractivity contribution in [3.63, 3.8) is 0 Å². The van der Waals surface area contributed by atoms with Crippen molar-refractivity contribution >= 4 is 28.0 Å². The first kappa shape index (κ1) is 13.6. The highest BCUT2D eigenvalue weighted by atomic mass is 79.9. The molecule has 0 aliphatic rings. The molecule has 2 rings (SSSR count). The molecule has 19 heavy (non-hydrogen) atoms. The molecule has 0 saturated heterocycles. The number of esters is 1. The maximum atomic E-state index is 11.7. The molecule has 0 heterocycles. The molecule has 0 bridgehead atoms. The van der Waals surface area contributed by atoms with Crippen molar-refractivity contribution in [2.75, 3.05) is 0 Å². The van der Waals surface area contributed by atoms with Crippen molar-refractivity contribution in [2.45, 2.75) is 6.92 Å². The van der Waals surface area contributed by atoms with E-state index in [2.05, 4.69) is 15.9 Å². The van der Waals surface area contributed by atoms with Crippen molar-refractivity contribution in [1.29, 1.82) is 0 Å². The molecule has 0 fully saturated rings. The van der Waals surface area contributed by atoms with E-state index in [1.54, 1.807) is 12.1 Å². The van der Waals surface area contributed by atoms with Gasteiger partial charge in [-0.15, -0.1) is 0 Å². The number of hydrogen-bond donors (Lipinski definition) is 0. The predicted octanol–water partition coefficient (Wildman–Crippen LogP) is 4.38. The predicted molar refractivity (Wildman–Crippen MR) is 80.0 cm³/mol. The molecule has 96 valence electrons. The monoisotopic (exact) mass is 316 g/mol. The van der Waals surface area contributed by atoms with Crippen molar-refractivity contribution in [2.24, 2.45) is 0 Å². The lowest BCUT2D eigenvalue weighted by Crippen LogP contribution is -2.04. The zero-order valence-corrected chi connectivity index (χ0v) is 12.1. The van der Waals surface area contributed by atoms with Crippen LogP contribution in [0.1, 0.15) is 11.1 Å². The largest absolute Gasteiger partial charge is 0.422 e. The van der Waals surface area contributed by atoms with Crippen LogP contribution in [0.15, 0.2) is 59.1 Å². The van der Waals surface area contributed by atoms with Crippen LogP contribution in [0.5, 0.6) is 5.75 Å². The van der Waals surface area contributed by atoms with Crippen LogP contribution in [0, 0.1) is 6.92 Å². The lowest BCUT2D eigenvalue weighted by atomic mass is 10.2. The molecule has 0 aliphatic heterocycles. The quantitative estimate of drug-likeness (QED) is 0.477. The van der Waals surface area contributed by atoms with Crippen molar-refractivity contribution in [1.82, 2.24) is 0 Å². The van der Waals surface area contributed by atoms with Gasteiger partial charge in [-0.1, -0.05) is 36.4 Å². The van der Waals surface area contributed by atoms with E-state index in [0.717, 1.165) is 15.6 Å². The molecule has 2 aromatic carbocycles. The SMILES string of the molecule is Cc1ccc(OC(=O)C=Cc2ccccc2)c(Br)c1. The zero-order valence-electron chi connectivity index (χ0n) is 10.5. The highest BCUT2D eigenvalue weighted by molar-refractivity contribution is 9.10. The summed E-state index contributed by atoms with van der Waals surface area (Å²) >= 11 is 3.37. The third-order valence-electron chi connectivity index (χ3n) is 2.51. The van der Waals surface area contributed by atoms with E-state index in [-0.39, 0.29) is 0 Å². The highest BCUT2D eigenvalue weighted by Gasteiger charge is 2.05. The molecular weight excluding hydrogens is 304 g/mol. The van der Waals surface area contributed by atoms with Gasteiger partial charge in [0.15, 0.2) is 0 Å². The minimum absolute atomic E-state index is 0.395. The van der Waals surface area contributed by atoms with Crippen molar-refractivity contribution in [3.8, 4) is 5.75 Å². The maximum absolute atomic E-state index is 11.7. The highest BCUT2D eigenvalue weighted by Crippen LogP contribution is 2.25. The summed E-state index contributed by atoms with van der Waals surface area (Å²) in [5.74, 6) is 0.127. The molecule has 2 aromatic rings. The average Bonchev–Trinajstić information content (AvgIpc) is 2.41. The summed E-state index contributed by atoms with van der Waals surface area (Å²) in [5, 5.41) is 0. The summed E-state index contributed by atoms with van der Waals surface area (Å²) < 4.78 is 6.02. The van der Waals surface area contributed by atoms with Crippen molar-refractivity contribution in [3.05, 3.63) is 70.2 Å². The Kier molecular flexibility index (Phi) is 4.53. The summed E-state index contributed by atoms with van der Waals surface area (Å²) in [5.41, 5.74) is 2.06. The summed E-state index contributed by atoms with van der Waals surface area (Å²) in [6, 6.07) is 15.2. The number of ether oxygens (including phenoxy) is 1. The maximum Gasteiger partial charge on any atom is 0.336 e. The van der Waals surface area contributed by atoms with E-state index < -0.39 is 5.97 Å². The second-order valence-electron chi connectivity index (χ2n) is 4.10. The van der Waals surface area contributed by atoms with Gasteiger partial charge in [-0.3, -0.25) is 0 Å². The second-order valence-corrected chi connectivity index (χ2v) is 4.95. The van der Waals surface area contributed by atoms with E-state index >= 15 is 0 Å². The van der Waals surface area contributed by atoms with Gasteiger partial charge in [-0.05, 0) is 52.2 Å². The molecule has 0 saturated carbocycles. The van der Waals surface area contributed by atoms with Crippen LogP contribution in [0.3, 0.4) is 0 Å². The van der Waals surface area contributed by atoms with Crippen LogP contribution in [0.2, 0.25) is 0 Å². The fourth-order valence-corrected chi connectivity index (χ4v) is 2.13. The van der Waals surface area contributed by atoms with E-state index in [1.165, 1.54) is 6.08 Å². The Morgan fingerprint density at radius 3 is 2.58 bits per heavy atom. The minimum Gasteiger partial charge on any atom is -0.422 e. The van der Waals surface area contributed by atoms with E-state index in [4.69, 9.17) is 4.74 Å². The van der Waals surface area contributed by atoms with Crippen LogP contribution in [-0.2, 0) is 4.79 Å². The number of halogens is 1. The Labute approximate surface area is 120 Å². The van der Waals surface area contributed by atoms with E-state index in [1.807, 2.05) is 49.4 Å². The van der Waals surface area contributed by atoms with Gasteiger partial charge in [-0.2, -0.15) is 0 Å². The standard InChI is InChI=1S/C16H13BrO2/c1-12-7-9-15(14(17)11-12)19-16(18)10-8-13-5-3-2-4-6-13/h2-11H,1H3. The zero-order chi connectivity index (χ0) is 13.7. The molecule has 0 aliphatic carbocycles. The summed E-state index contributed by atoms with van der Waals surface area (Å²) in [7, 11) is 0. The van der Waals surface area contributed by atoms with Crippen LogP contribution in [-0.4, -0.2) is 5.97 Å². The third kappa shape index (κ3) is 4.07. The van der Waals surface area contributed by atoms with Gasteiger partial charge in [0.25, 0.3) is 0 Å². The smallest absolute Gasteiger partial charge is 0.336 e. The summed E-state index contributed by atoms with van der Waals surface area (Å²) in [4.78, 5) is 11.7. The molecule has 0 atom stereocenters. The van der Waals surface area contributed by atoms with Crippen molar-refractivity contribution < 1.29 is 9.53 Å². The van der Waals surface area contributed by atoms with Gasteiger partial charge < -0.3 is 4.74 Å². The first-order chi connectivity index (χ1) is 9.15. The fraction of sp³-hybridized carbons (Fsp3) is 0.0625. The Morgan fingerprint density at radius 1 is 1.16 bits per heavy atom. The van der Waals surface area contributed by atoms with Gasteiger partial charge in [-0.25, -0.2) is 4.79 Å². The molecule has 2 nitrogen and oxygen atoms in total. The summed E-state index contributed by atoms with van der Waals surface area (Å²) in [6.45, 7) is 1.98. The minimum atomic E-state index is -0.395. The van der Waals surface area contributed by atoms with Crippen LogP contribution < -0.4 is 4.74 Å². The first-order valence-corrected chi connectivity index (χ1v) is 6.65. The lowest BCUT2D eigenvalue weighted by molar-refractivity contribution is -0.128. The second kappa shape index (κ2) is 6.34. The van der Waals surface area contributed by atoms with E-state index in [0.29, 0.717) is 5.75 Å². The Balaban J connectivity index is 2.04. The van der Waals surface area contributed by atoms with Gasteiger partial charge in [0, 0.05) is 6.08 Å². The number of carbonyl (C=O) groups excluding carboxylic acids is 1. The Hall–Kier alpha value is -1.87. The lowest BCUT2D eigenvalue weighted by Gasteiger charge is -2.04. The van der Waals surface area contributed by atoms with Gasteiger partial charge in [0.1, 0.15) is 5.75 Å². The number of aryl methyl sites for hydroxylation is 1. The number of benzene rings is 2. The van der Waals surface area contributed by atoms with Crippen LogP contribution >= 0.6 is 15.9 Å². The number of rotatable bonds is 3. The first-order valence-electron chi connectivity index (χ1n) is 5.86. The van der Waals surface area contributed by atoms with Crippen LogP contribution in [0.4, 0.5) is 0 Å². The molecule has 0 aromatic heterocycles. The molecule has 0 amide bonds. The fourth-order valence-electron chi connectivity index (χ4n) is 1.56. The molecule has 0 spiro atoms. The molecule has 3 heteroatoms. The van der Waals surface area contributed by atoms with Gasteiger partial charge in [0.05, 0.1) is 4.47 Å². The normalized spacial score (nSPS) is 10.6. The molecular formula is C16H13BrO2. The van der Waals surface area contributed by atoms with Gasteiger partial charge in [0.2, 0.25) is 0 Å². The topological polar surface area (TPSA) is 26.3 Å². The Morgan fingerprint density at radius 2 is 1.89 bits per heavy atom. The van der Waals surface area contributed by atoms with Gasteiger partial charge >= 0.3 is 5.97 Å². The molecule has 0 N–H and O–H groups in total. The number of carbonyl (C=O) groups is 1. The average molecular weight is 317 g/mol. The summed E-state index contributed by atoms with van der Waals surface area (Å²) in [6.07, 6.45) is 3.14.